The summed E-state index contributed by atoms with van der Waals surface area (Å²) in [5.74, 6) is 0. The van der Waals surface area contributed by atoms with Crippen molar-refractivity contribution in [1.29, 1.82) is 0 Å². The Morgan fingerprint density at radius 1 is 1.40 bits per heavy atom. The third-order valence-corrected chi connectivity index (χ3v) is 4.58. The van der Waals surface area contributed by atoms with Crippen molar-refractivity contribution in [3.63, 3.8) is 0 Å². The minimum absolute atomic E-state index is 0.377. The van der Waals surface area contributed by atoms with Crippen LogP contribution in [0.5, 0.6) is 0 Å². The van der Waals surface area contributed by atoms with E-state index >= 15 is 0 Å². The lowest BCUT2D eigenvalue weighted by atomic mass is 10.00. The van der Waals surface area contributed by atoms with Gasteiger partial charge in [0.05, 0.1) is 0 Å². The Morgan fingerprint density at radius 2 is 2.15 bits per heavy atom. The van der Waals surface area contributed by atoms with Gasteiger partial charge in [0.2, 0.25) is 0 Å². The van der Waals surface area contributed by atoms with E-state index in [1.54, 1.807) is 0 Å². The number of hydrogen-bond donors (Lipinski definition) is 1. The van der Waals surface area contributed by atoms with Gasteiger partial charge in [-0.15, -0.1) is 0 Å². The van der Waals surface area contributed by atoms with Gasteiger partial charge in [0.15, 0.2) is 0 Å². The highest BCUT2D eigenvalue weighted by atomic mass is 15.2. The van der Waals surface area contributed by atoms with Gasteiger partial charge in [-0.05, 0) is 70.8 Å². The topological polar surface area (TPSA) is 28.2 Å². The molecule has 1 fully saturated rings. The van der Waals surface area contributed by atoms with Gasteiger partial charge in [0.1, 0.15) is 0 Å². The van der Waals surface area contributed by atoms with Crippen LogP contribution >= 0.6 is 0 Å². The maximum atomic E-state index is 4.62. The van der Waals surface area contributed by atoms with Gasteiger partial charge in [-0.1, -0.05) is 6.92 Å². The summed E-state index contributed by atoms with van der Waals surface area (Å²) in [6, 6.07) is 3.28. The van der Waals surface area contributed by atoms with Crippen LogP contribution in [0.25, 0.3) is 0 Å². The molecule has 3 nitrogen and oxygen atoms in total. The van der Waals surface area contributed by atoms with E-state index in [4.69, 9.17) is 0 Å². The SMILES string of the molecule is CCN1CCCC1CNC(C)c1c(C)cc(C)nc1C. The lowest BCUT2D eigenvalue weighted by molar-refractivity contribution is 0.255. The van der Waals surface area contributed by atoms with E-state index in [1.807, 2.05) is 0 Å². The quantitative estimate of drug-likeness (QED) is 0.895. The Bertz CT molecular complexity index is 433. The van der Waals surface area contributed by atoms with Gasteiger partial charge < -0.3 is 5.32 Å². The first kappa shape index (κ1) is 15.5. The third-order valence-electron chi connectivity index (χ3n) is 4.58. The summed E-state index contributed by atoms with van der Waals surface area (Å²) in [5, 5.41) is 3.72. The summed E-state index contributed by atoms with van der Waals surface area (Å²) >= 11 is 0. The average Bonchev–Trinajstić information content (AvgIpc) is 2.82. The summed E-state index contributed by atoms with van der Waals surface area (Å²) in [4.78, 5) is 7.21. The fraction of sp³-hybridized carbons (Fsp3) is 0.706. The maximum absolute atomic E-state index is 4.62. The molecule has 2 unspecified atom stereocenters. The molecule has 1 saturated heterocycles. The first-order valence-corrected chi connectivity index (χ1v) is 7.95. The van der Waals surface area contributed by atoms with Gasteiger partial charge in [-0.3, -0.25) is 9.88 Å². The molecule has 0 amide bonds. The number of likely N-dealkylation sites (N-methyl/N-ethyl adjacent to an activating group) is 1. The first-order valence-electron chi connectivity index (χ1n) is 7.95. The van der Waals surface area contributed by atoms with Crippen molar-refractivity contribution in [3.05, 3.63) is 28.6 Å². The highest BCUT2D eigenvalue weighted by Gasteiger charge is 2.23. The van der Waals surface area contributed by atoms with Crippen molar-refractivity contribution in [2.24, 2.45) is 0 Å². The number of nitrogens with one attached hydrogen (secondary N) is 1. The third kappa shape index (κ3) is 3.39. The lowest BCUT2D eigenvalue weighted by Crippen LogP contribution is -2.38. The zero-order valence-corrected chi connectivity index (χ0v) is 13.7. The Balaban J connectivity index is 2.00. The van der Waals surface area contributed by atoms with E-state index in [-0.39, 0.29) is 0 Å². The van der Waals surface area contributed by atoms with Gasteiger partial charge in [0, 0.05) is 30.0 Å². The Hall–Kier alpha value is -0.930. The average molecular weight is 275 g/mol. The molecular weight excluding hydrogens is 246 g/mol. The largest absolute Gasteiger partial charge is 0.309 e. The van der Waals surface area contributed by atoms with Crippen molar-refractivity contribution >= 4 is 0 Å². The molecule has 2 heterocycles. The normalized spacial score (nSPS) is 21.4. The number of likely N-dealkylation sites (tertiary alicyclic amines) is 1. The van der Waals surface area contributed by atoms with Crippen LogP contribution in [-0.2, 0) is 0 Å². The van der Waals surface area contributed by atoms with Crippen molar-refractivity contribution in [2.75, 3.05) is 19.6 Å². The number of aromatic nitrogens is 1. The number of nitrogens with zero attached hydrogens (tertiary/aromatic N) is 2. The summed E-state index contributed by atoms with van der Waals surface area (Å²) in [6.45, 7) is 14.4. The van der Waals surface area contributed by atoms with Gasteiger partial charge >= 0.3 is 0 Å². The molecule has 0 aromatic carbocycles. The fourth-order valence-electron chi connectivity index (χ4n) is 3.65. The molecule has 1 N–H and O–H groups in total. The molecule has 112 valence electrons. The fourth-order valence-corrected chi connectivity index (χ4v) is 3.65. The van der Waals surface area contributed by atoms with E-state index in [1.165, 1.54) is 42.8 Å². The Morgan fingerprint density at radius 3 is 2.80 bits per heavy atom. The summed E-state index contributed by atoms with van der Waals surface area (Å²) in [6.07, 6.45) is 2.68. The highest BCUT2D eigenvalue weighted by Crippen LogP contribution is 2.22. The van der Waals surface area contributed by atoms with E-state index < -0.39 is 0 Å². The molecule has 1 aliphatic heterocycles. The molecule has 0 bridgehead atoms. The summed E-state index contributed by atoms with van der Waals surface area (Å²) in [7, 11) is 0. The van der Waals surface area contributed by atoms with Crippen LogP contribution in [0.2, 0.25) is 0 Å². The van der Waals surface area contributed by atoms with Crippen LogP contribution in [-0.4, -0.2) is 35.6 Å². The maximum Gasteiger partial charge on any atom is 0.0426 e. The number of pyridine rings is 1. The van der Waals surface area contributed by atoms with Crippen molar-refractivity contribution < 1.29 is 0 Å². The Labute approximate surface area is 123 Å². The molecule has 3 heteroatoms. The second kappa shape index (κ2) is 6.68. The Kier molecular flexibility index (Phi) is 5.17. The molecule has 0 spiro atoms. The molecule has 1 aliphatic rings. The molecule has 0 saturated carbocycles. The molecule has 20 heavy (non-hydrogen) atoms. The number of rotatable bonds is 5. The second-order valence-corrected chi connectivity index (χ2v) is 6.13. The smallest absolute Gasteiger partial charge is 0.0426 e. The van der Waals surface area contributed by atoms with Gasteiger partial charge in [-0.25, -0.2) is 0 Å². The van der Waals surface area contributed by atoms with Crippen LogP contribution in [0.1, 0.15) is 55.2 Å². The van der Waals surface area contributed by atoms with E-state index in [9.17, 15) is 0 Å². The highest BCUT2D eigenvalue weighted by molar-refractivity contribution is 5.33. The molecular formula is C17H29N3. The van der Waals surface area contributed by atoms with Gasteiger partial charge in [0.25, 0.3) is 0 Å². The monoisotopic (exact) mass is 275 g/mol. The molecule has 0 aliphatic carbocycles. The minimum atomic E-state index is 0.377. The second-order valence-electron chi connectivity index (χ2n) is 6.13. The van der Waals surface area contributed by atoms with Crippen LogP contribution in [0.3, 0.4) is 0 Å². The lowest BCUT2D eigenvalue weighted by Gasteiger charge is -2.26. The minimum Gasteiger partial charge on any atom is -0.309 e. The van der Waals surface area contributed by atoms with E-state index in [0.717, 1.165) is 12.2 Å². The van der Waals surface area contributed by atoms with Crippen LogP contribution in [0.4, 0.5) is 0 Å². The molecule has 2 atom stereocenters. The van der Waals surface area contributed by atoms with Crippen LogP contribution < -0.4 is 5.32 Å². The van der Waals surface area contributed by atoms with Crippen LogP contribution in [0, 0.1) is 20.8 Å². The zero-order chi connectivity index (χ0) is 14.7. The molecule has 1 aromatic rings. The van der Waals surface area contributed by atoms with Crippen molar-refractivity contribution in [1.82, 2.24) is 15.2 Å². The van der Waals surface area contributed by atoms with E-state index in [2.05, 4.69) is 55.9 Å². The summed E-state index contributed by atoms with van der Waals surface area (Å²) < 4.78 is 0. The molecule has 1 aromatic heterocycles. The molecule has 0 radical (unpaired) electrons. The first-order chi connectivity index (χ1) is 9.52. The van der Waals surface area contributed by atoms with Crippen molar-refractivity contribution in [2.45, 2.75) is 59.5 Å². The number of aryl methyl sites for hydroxylation is 3. The van der Waals surface area contributed by atoms with Crippen LogP contribution in [0.15, 0.2) is 6.07 Å². The standard InChI is InChI=1S/C17H29N3/c1-6-20-9-7-8-16(20)11-18-14(4)17-12(2)10-13(3)19-15(17)5/h10,14,16,18H,6-9,11H2,1-5H3. The van der Waals surface area contributed by atoms with Gasteiger partial charge in [-0.2, -0.15) is 0 Å². The molecule has 2 rings (SSSR count). The summed E-state index contributed by atoms with van der Waals surface area (Å²) in [5.41, 5.74) is 5.01. The number of hydrogen-bond acceptors (Lipinski definition) is 3. The zero-order valence-electron chi connectivity index (χ0n) is 13.7. The van der Waals surface area contributed by atoms with Crippen molar-refractivity contribution in [3.8, 4) is 0 Å². The predicted octanol–water partition coefficient (Wildman–Crippen LogP) is 3.14. The van der Waals surface area contributed by atoms with E-state index in [0.29, 0.717) is 12.1 Å². The predicted molar refractivity (Wildman–Crippen MR) is 85.1 cm³/mol.